The van der Waals surface area contributed by atoms with E-state index in [-0.39, 0.29) is 11.8 Å². The largest absolute Gasteiger partial charge is 0.355 e. The molecule has 1 aliphatic rings. The molecule has 0 saturated carbocycles. The highest BCUT2D eigenvalue weighted by Crippen LogP contribution is 2.23. The Hall–Kier alpha value is -2.84. The summed E-state index contributed by atoms with van der Waals surface area (Å²) in [6.45, 7) is 1.38. The van der Waals surface area contributed by atoms with E-state index in [1.54, 1.807) is 4.68 Å². The molecule has 0 bridgehead atoms. The molecule has 25 heavy (non-hydrogen) atoms. The predicted molar refractivity (Wildman–Crippen MR) is 88.7 cm³/mol. The second-order valence-corrected chi connectivity index (χ2v) is 6.25. The van der Waals surface area contributed by atoms with Crippen molar-refractivity contribution in [2.24, 2.45) is 0 Å². The number of aromatic nitrogens is 7. The second-order valence-electron chi connectivity index (χ2n) is 6.25. The first-order valence-corrected chi connectivity index (χ1v) is 8.65. The van der Waals surface area contributed by atoms with Crippen LogP contribution in [0.4, 0.5) is 0 Å². The van der Waals surface area contributed by atoms with Gasteiger partial charge in [0.15, 0.2) is 11.5 Å². The number of amides is 1. The van der Waals surface area contributed by atoms with Crippen molar-refractivity contribution < 1.29 is 4.79 Å². The Kier molecular flexibility index (Phi) is 4.36. The van der Waals surface area contributed by atoms with Crippen LogP contribution in [-0.2, 0) is 17.8 Å². The first-order valence-electron chi connectivity index (χ1n) is 8.65. The minimum absolute atomic E-state index is 0.00375. The van der Waals surface area contributed by atoms with Crippen LogP contribution in [0.5, 0.6) is 0 Å². The van der Waals surface area contributed by atoms with Gasteiger partial charge in [0.2, 0.25) is 5.91 Å². The number of carbonyl (C=O) groups is 1. The fourth-order valence-corrected chi connectivity index (χ4v) is 3.25. The van der Waals surface area contributed by atoms with Crippen molar-refractivity contribution in [3.8, 4) is 0 Å². The number of nitrogens with one attached hydrogen (secondary N) is 1. The van der Waals surface area contributed by atoms with E-state index >= 15 is 0 Å². The molecule has 1 aliphatic heterocycles. The third-order valence-electron chi connectivity index (χ3n) is 4.56. The molecule has 3 aromatic heterocycles. The molecule has 4 rings (SSSR count). The van der Waals surface area contributed by atoms with Crippen molar-refractivity contribution in [1.82, 2.24) is 40.1 Å². The summed E-state index contributed by atoms with van der Waals surface area (Å²) < 4.78 is 3.72. The first-order chi connectivity index (χ1) is 12.3. The van der Waals surface area contributed by atoms with Crippen molar-refractivity contribution in [3.63, 3.8) is 0 Å². The number of fused-ring (bicyclic) bond motifs is 2. The number of tetrazole rings is 1. The van der Waals surface area contributed by atoms with E-state index in [4.69, 9.17) is 0 Å². The Labute approximate surface area is 144 Å². The molecule has 1 atom stereocenters. The molecule has 0 aromatic carbocycles. The highest BCUT2D eigenvalue weighted by Gasteiger charge is 2.28. The summed E-state index contributed by atoms with van der Waals surface area (Å²) in [7, 11) is 0. The predicted octanol–water partition coefficient (Wildman–Crippen LogP) is 0.732. The minimum Gasteiger partial charge on any atom is -0.355 e. The quantitative estimate of drug-likeness (QED) is 0.687. The molecule has 130 valence electrons. The van der Waals surface area contributed by atoms with E-state index < -0.39 is 0 Å². The Morgan fingerprint density at radius 2 is 2.20 bits per heavy atom. The maximum Gasteiger partial charge on any atom is 0.230 e. The minimum atomic E-state index is -0.258. The fourth-order valence-electron chi connectivity index (χ4n) is 3.25. The highest BCUT2D eigenvalue weighted by molar-refractivity contribution is 5.82. The average Bonchev–Trinajstić information content (AvgIpc) is 3.21. The third-order valence-corrected chi connectivity index (χ3v) is 4.56. The number of hydrogen-bond acceptors (Lipinski definition) is 6. The first kappa shape index (κ1) is 15.7. The molecule has 0 unspecified atom stereocenters. The van der Waals surface area contributed by atoms with E-state index in [0.29, 0.717) is 12.4 Å². The summed E-state index contributed by atoms with van der Waals surface area (Å²) >= 11 is 0. The van der Waals surface area contributed by atoms with E-state index in [1.165, 1.54) is 0 Å². The summed E-state index contributed by atoms with van der Waals surface area (Å²) in [6, 6.07) is 5.82. The van der Waals surface area contributed by atoms with Crippen LogP contribution in [0.2, 0.25) is 0 Å². The van der Waals surface area contributed by atoms with Crippen LogP contribution in [0.25, 0.3) is 5.65 Å². The topological polar surface area (TPSA) is 103 Å². The molecule has 0 fully saturated rings. The third kappa shape index (κ3) is 3.21. The van der Waals surface area contributed by atoms with Gasteiger partial charge in [0.1, 0.15) is 5.82 Å². The number of rotatable bonds is 5. The van der Waals surface area contributed by atoms with Gasteiger partial charge in [-0.3, -0.25) is 9.20 Å². The van der Waals surface area contributed by atoms with Crippen LogP contribution < -0.4 is 5.32 Å². The van der Waals surface area contributed by atoms with Crippen LogP contribution in [0, 0.1) is 0 Å². The van der Waals surface area contributed by atoms with Gasteiger partial charge >= 0.3 is 0 Å². The van der Waals surface area contributed by atoms with E-state index in [9.17, 15) is 4.79 Å². The molecule has 3 aromatic rings. The molecule has 0 saturated heterocycles. The van der Waals surface area contributed by atoms with E-state index in [1.807, 2.05) is 28.8 Å². The van der Waals surface area contributed by atoms with Crippen molar-refractivity contribution in [2.45, 2.75) is 44.6 Å². The standard InChI is InChI=1S/C16H20N8O/c25-16(12-6-1-4-11-24-15(12)20-21-22-24)17-9-5-8-14-19-18-13-7-2-3-10-23(13)14/h2-3,7,10,12H,1,4-6,8-9,11H2,(H,17,25)/t12-/m1/s1. The summed E-state index contributed by atoms with van der Waals surface area (Å²) in [5, 5.41) is 23.1. The molecule has 0 radical (unpaired) electrons. The van der Waals surface area contributed by atoms with Gasteiger partial charge in [-0.05, 0) is 41.8 Å². The van der Waals surface area contributed by atoms with Gasteiger partial charge in [-0.2, -0.15) is 0 Å². The lowest BCUT2D eigenvalue weighted by atomic mass is 10.0. The molecular formula is C16H20N8O. The second kappa shape index (κ2) is 6.96. The average molecular weight is 340 g/mol. The number of carbonyl (C=O) groups excluding carboxylic acids is 1. The molecule has 9 nitrogen and oxygen atoms in total. The monoisotopic (exact) mass is 340 g/mol. The number of hydrogen-bond donors (Lipinski definition) is 1. The lowest BCUT2D eigenvalue weighted by Gasteiger charge is -2.13. The van der Waals surface area contributed by atoms with Crippen molar-refractivity contribution in [1.29, 1.82) is 0 Å². The number of nitrogens with zero attached hydrogens (tertiary/aromatic N) is 7. The highest BCUT2D eigenvalue weighted by atomic mass is 16.1. The van der Waals surface area contributed by atoms with Crippen molar-refractivity contribution in [3.05, 3.63) is 36.0 Å². The van der Waals surface area contributed by atoms with Crippen LogP contribution in [-0.4, -0.2) is 47.3 Å². The van der Waals surface area contributed by atoms with Crippen LogP contribution in [0.15, 0.2) is 24.4 Å². The van der Waals surface area contributed by atoms with Crippen molar-refractivity contribution >= 4 is 11.6 Å². The van der Waals surface area contributed by atoms with E-state index in [2.05, 4.69) is 31.0 Å². The molecular weight excluding hydrogens is 320 g/mol. The summed E-state index contributed by atoms with van der Waals surface area (Å²) in [5.74, 6) is 1.33. The van der Waals surface area contributed by atoms with Gasteiger partial charge < -0.3 is 5.32 Å². The van der Waals surface area contributed by atoms with Gasteiger partial charge in [-0.1, -0.05) is 12.5 Å². The van der Waals surface area contributed by atoms with Crippen LogP contribution >= 0.6 is 0 Å². The molecule has 1 amide bonds. The smallest absolute Gasteiger partial charge is 0.230 e. The Morgan fingerprint density at radius 1 is 1.24 bits per heavy atom. The van der Waals surface area contributed by atoms with Gasteiger partial charge in [-0.15, -0.1) is 15.3 Å². The molecule has 1 N–H and O–H groups in total. The Balaban J connectivity index is 1.32. The van der Waals surface area contributed by atoms with Crippen LogP contribution in [0.3, 0.4) is 0 Å². The summed E-state index contributed by atoms with van der Waals surface area (Å²) in [4.78, 5) is 12.5. The fraction of sp³-hybridized carbons (Fsp3) is 0.500. The van der Waals surface area contributed by atoms with Crippen LogP contribution in [0.1, 0.15) is 43.3 Å². The van der Waals surface area contributed by atoms with Gasteiger partial charge in [0.25, 0.3) is 0 Å². The lowest BCUT2D eigenvalue weighted by Crippen LogP contribution is -2.31. The zero-order valence-electron chi connectivity index (χ0n) is 13.9. The number of aryl methyl sites for hydroxylation is 2. The summed E-state index contributed by atoms with van der Waals surface area (Å²) in [5.41, 5.74) is 0.840. The molecule has 0 spiro atoms. The Bertz CT molecular complexity index is 870. The van der Waals surface area contributed by atoms with Gasteiger partial charge in [0.05, 0.1) is 5.92 Å². The summed E-state index contributed by atoms with van der Waals surface area (Å²) in [6.07, 6.45) is 6.30. The normalized spacial score (nSPS) is 17.2. The van der Waals surface area contributed by atoms with Crippen molar-refractivity contribution in [2.75, 3.05) is 6.54 Å². The maximum atomic E-state index is 12.5. The van der Waals surface area contributed by atoms with E-state index in [0.717, 1.165) is 50.1 Å². The lowest BCUT2D eigenvalue weighted by molar-refractivity contribution is -0.122. The molecule has 4 heterocycles. The maximum absolute atomic E-state index is 12.5. The number of pyridine rings is 1. The zero-order valence-corrected chi connectivity index (χ0v) is 13.9. The molecule has 9 heteroatoms. The zero-order chi connectivity index (χ0) is 17.1. The Morgan fingerprint density at radius 3 is 3.16 bits per heavy atom. The SMILES string of the molecule is O=C(NCCCc1nnc2ccccn12)[C@@H]1CCCCn2nnnc21. The molecule has 0 aliphatic carbocycles. The van der Waals surface area contributed by atoms with Gasteiger partial charge in [-0.25, -0.2) is 4.68 Å². The van der Waals surface area contributed by atoms with Gasteiger partial charge in [0, 0.05) is 25.7 Å².